The van der Waals surface area contributed by atoms with Crippen molar-refractivity contribution in [2.45, 2.75) is 37.3 Å². The molecule has 0 aliphatic carbocycles. The van der Waals surface area contributed by atoms with Crippen LogP contribution in [0.15, 0.2) is 29.3 Å². The number of benzene rings is 1. The third-order valence-electron chi connectivity index (χ3n) is 3.06. The lowest BCUT2D eigenvalue weighted by Gasteiger charge is -2.17. The van der Waals surface area contributed by atoms with E-state index in [2.05, 4.69) is 23.1 Å². The van der Waals surface area contributed by atoms with Crippen LogP contribution in [0.1, 0.15) is 20.3 Å². The number of aryl methyl sites for hydroxylation is 1. The highest BCUT2D eigenvalue weighted by molar-refractivity contribution is 7.98. The Morgan fingerprint density at radius 2 is 2.11 bits per heavy atom. The molecule has 0 aliphatic heterocycles. The van der Waals surface area contributed by atoms with Gasteiger partial charge in [-0.05, 0) is 44.7 Å². The molecule has 0 spiro atoms. The molecule has 1 aromatic carbocycles. The van der Waals surface area contributed by atoms with Crippen molar-refractivity contribution in [2.75, 3.05) is 12.0 Å². The van der Waals surface area contributed by atoms with Crippen molar-refractivity contribution in [2.24, 2.45) is 0 Å². The molecule has 0 atom stereocenters. The maximum absolute atomic E-state index is 9.80. The van der Waals surface area contributed by atoms with E-state index in [0.29, 0.717) is 0 Å². The first-order valence-electron chi connectivity index (χ1n) is 6.05. The van der Waals surface area contributed by atoms with Crippen LogP contribution in [0.5, 0.6) is 0 Å². The third-order valence-corrected chi connectivity index (χ3v) is 3.84. The van der Waals surface area contributed by atoms with Crippen molar-refractivity contribution < 1.29 is 5.11 Å². The van der Waals surface area contributed by atoms with Crippen molar-refractivity contribution in [1.82, 2.24) is 4.57 Å². The monoisotopic (exact) mass is 264 g/mol. The number of aromatic nitrogens is 1. The lowest BCUT2D eigenvalue weighted by Crippen LogP contribution is -2.20. The highest BCUT2D eigenvalue weighted by Gasteiger charge is 2.13. The summed E-state index contributed by atoms with van der Waals surface area (Å²) in [5.41, 5.74) is 7.22. The normalized spacial score (nSPS) is 12.2. The Morgan fingerprint density at radius 1 is 1.39 bits per heavy atom. The Balaban J connectivity index is 2.38. The van der Waals surface area contributed by atoms with Crippen LogP contribution in [0.2, 0.25) is 0 Å². The van der Waals surface area contributed by atoms with Crippen molar-refractivity contribution in [1.29, 1.82) is 0 Å². The molecule has 1 aromatic heterocycles. The van der Waals surface area contributed by atoms with Gasteiger partial charge in [0.1, 0.15) is 0 Å². The predicted molar refractivity (Wildman–Crippen MR) is 79.0 cm³/mol. The van der Waals surface area contributed by atoms with Crippen LogP contribution in [0.3, 0.4) is 0 Å². The van der Waals surface area contributed by atoms with Gasteiger partial charge in [0.05, 0.1) is 11.1 Å². The molecule has 0 fully saturated rings. The fourth-order valence-corrected chi connectivity index (χ4v) is 2.69. The van der Waals surface area contributed by atoms with Gasteiger partial charge in [0, 0.05) is 28.7 Å². The molecule has 0 amide bonds. The minimum atomic E-state index is -0.640. The second kappa shape index (κ2) is 4.86. The van der Waals surface area contributed by atoms with Gasteiger partial charge in [-0.1, -0.05) is 0 Å². The minimum absolute atomic E-state index is 0.640. The molecule has 0 bridgehead atoms. The molecule has 3 nitrogen and oxygen atoms in total. The van der Waals surface area contributed by atoms with E-state index >= 15 is 0 Å². The van der Waals surface area contributed by atoms with Gasteiger partial charge in [0.25, 0.3) is 0 Å². The van der Waals surface area contributed by atoms with Crippen molar-refractivity contribution in [3.63, 3.8) is 0 Å². The highest BCUT2D eigenvalue weighted by Crippen LogP contribution is 2.30. The lowest BCUT2D eigenvalue weighted by molar-refractivity contribution is 0.0666. The number of fused-ring (bicyclic) bond motifs is 1. The largest absolute Gasteiger partial charge is 0.399 e. The maximum Gasteiger partial charge on any atom is 0.0608 e. The molecular weight excluding hydrogens is 244 g/mol. The molecule has 0 unspecified atom stereocenters. The molecule has 0 aliphatic rings. The van der Waals surface area contributed by atoms with Crippen molar-refractivity contribution in [3.05, 3.63) is 24.4 Å². The molecule has 4 heteroatoms. The van der Waals surface area contributed by atoms with Gasteiger partial charge in [-0.15, -0.1) is 11.8 Å². The van der Waals surface area contributed by atoms with Crippen LogP contribution >= 0.6 is 11.8 Å². The molecule has 1 heterocycles. The summed E-state index contributed by atoms with van der Waals surface area (Å²) in [6.45, 7) is 4.46. The van der Waals surface area contributed by atoms with E-state index in [-0.39, 0.29) is 0 Å². The Kier molecular flexibility index (Phi) is 3.59. The Hall–Kier alpha value is -1.13. The summed E-state index contributed by atoms with van der Waals surface area (Å²) in [6, 6.07) is 6.12. The average Bonchev–Trinajstić information content (AvgIpc) is 2.67. The number of thioether (sulfide) groups is 1. The topological polar surface area (TPSA) is 51.2 Å². The molecule has 2 aromatic rings. The Bertz CT molecular complexity index is 555. The van der Waals surface area contributed by atoms with Gasteiger partial charge in [-0.25, -0.2) is 0 Å². The molecule has 0 radical (unpaired) electrons. The fourth-order valence-electron chi connectivity index (χ4n) is 2.04. The SMILES string of the molecule is CSc1cc(N)cc2c1ccn2CCC(C)(C)O. The number of aliphatic hydroxyl groups is 1. The number of nitrogens with zero attached hydrogens (tertiary/aromatic N) is 1. The highest BCUT2D eigenvalue weighted by atomic mass is 32.2. The maximum atomic E-state index is 9.80. The summed E-state index contributed by atoms with van der Waals surface area (Å²) in [5, 5.41) is 11.0. The summed E-state index contributed by atoms with van der Waals surface area (Å²) in [6.07, 6.45) is 4.85. The summed E-state index contributed by atoms with van der Waals surface area (Å²) >= 11 is 1.71. The number of nitrogen functional groups attached to an aromatic ring is 1. The van der Waals surface area contributed by atoms with Crippen LogP contribution < -0.4 is 5.73 Å². The van der Waals surface area contributed by atoms with E-state index in [4.69, 9.17) is 5.73 Å². The van der Waals surface area contributed by atoms with Gasteiger partial charge in [0.2, 0.25) is 0 Å². The van der Waals surface area contributed by atoms with Crippen molar-refractivity contribution >= 4 is 28.4 Å². The quantitative estimate of drug-likeness (QED) is 0.659. The van der Waals surface area contributed by atoms with E-state index < -0.39 is 5.60 Å². The Morgan fingerprint density at radius 3 is 2.72 bits per heavy atom. The second-order valence-electron chi connectivity index (χ2n) is 5.23. The van der Waals surface area contributed by atoms with E-state index in [1.807, 2.05) is 26.0 Å². The first-order valence-corrected chi connectivity index (χ1v) is 7.28. The molecule has 0 saturated heterocycles. The summed E-state index contributed by atoms with van der Waals surface area (Å²) in [5.74, 6) is 0. The van der Waals surface area contributed by atoms with Crippen LogP contribution in [-0.2, 0) is 6.54 Å². The van der Waals surface area contributed by atoms with Gasteiger partial charge in [-0.3, -0.25) is 0 Å². The van der Waals surface area contributed by atoms with Crippen molar-refractivity contribution in [3.8, 4) is 0 Å². The van der Waals surface area contributed by atoms with E-state index in [9.17, 15) is 5.11 Å². The van der Waals surface area contributed by atoms with Gasteiger partial charge >= 0.3 is 0 Å². The zero-order valence-electron chi connectivity index (χ0n) is 11.1. The molecule has 18 heavy (non-hydrogen) atoms. The van der Waals surface area contributed by atoms with Gasteiger partial charge in [0.15, 0.2) is 0 Å². The number of hydrogen-bond donors (Lipinski definition) is 2. The molecular formula is C14H20N2OS. The standard InChI is InChI=1S/C14H20N2OS/c1-14(2,17)5-7-16-6-4-11-12(16)8-10(15)9-13(11)18-3/h4,6,8-9,17H,5,7,15H2,1-3H3. The van der Waals surface area contributed by atoms with Gasteiger partial charge in [-0.2, -0.15) is 0 Å². The molecule has 3 N–H and O–H groups in total. The fraction of sp³-hybridized carbons (Fsp3) is 0.429. The van der Waals surface area contributed by atoms with Crippen LogP contribution in [0.25, 0.3) is 10.9 Å². The number of hydrogen-bond acceptors (Lipinski definition) is 3. The molecule has 98 valence electrons. The minimum Gasteiger partial charge on any atom is -0.399 e. The third kappa shape index (κ3) is 2.82. The molecule has 2 rings (SSSR count). The number of anilines is 1. The van der Waals surface area contributed by atoms with Gasteiger partial charge < -0.3 is 15.4 Å². The first-order chi connectivity index (χ1) is 8.40. The van der Waals surface area contributed by atoms with Crippen LogP contribution in [0, 0.1) is 0 Å². The lowest BCUT2D eigenvalue weighted by atomic mass is 10.1. The van der Waals surface area contributed by atoms with E-state index in [0.717, 1.165) is 24.2 Å². The first kappa shape index (κ1) is 13.3. The second-order valence-corrected chi connectivity index (χ2v) is 6.08. The van der Waals surface area contributed by atoms with Crippen LogP contribution in [-0.4, -0.2) is 21.5 Å². The summed E-state index contributed by atoms with van der Waals surface area (Å²) in [7, 11) is 0. The zero-order valence-corrected chi connectivity index (χ0v) is 11.9. The summed E-state index contributed by atoms with van der Waals surface area (Å²) < 4.78 is 2.16. The Labute approximate surface area is 112 Å². The number of rotatable bonds is 4. The average molecular weight is 264 g/mol. The summed E-state index contributed by atoms with van der Waals surface area (Å²) in [4.78, 5) is 1.20. The predicted octanol–water partition coefficient (Wildman–Crippen LogP) is 3.11. The molecule has 0 saturated carbocycles. The van der Waals surface area contributed by atoms with E-state index in [1.165, 1.54) is 10.3 Å². The number of nitrogens with two attached hydrogens (primary N) is 1. The smallest absolute Gasteiger partial charge is 0.0608 e. The van der Waals surface area contributed by atoms with E-state index in [1.54, 1.807) is 11.8 Å². The zero-order chi connectivity index (χ0) is 13.3. The van der Waals surface area contributed by atoms with Crippen LogP contribution in [0.4, 0.5) is 5.69 Å².